The van der Waals surface area contributed by atoms with Gasteiger partial charge in [0.1, 0.15) is 12.4 Å². The summed E-state index contributed by atoms with van der Waals surface area (Å²) in [6.45, 7) is 10.0. The van der Waals surface area contributed by atoms with Gasteiger partial charge >= 0.3 is 6.01 Å². The fourth-order valence-electron chi connectivity index (χ4n) is 4.27. The van der Waals surface area contributed by atoms with Gasteiger partial charge in [-0.25, -0.2) is 0 Å². The van der Waals surface area contributed by atoms with Gasteiger partial charge in [-0.3, -0.25) is 4.90 Å². The number of aromatic nitrogens is 2. The van der Waals surface area contributed by atoms with Crippen LogP contribution in [0.25, 0.3) is 22.0 Å². The first-order chi connectivity index (χ1) is 15.8. The highest BCUT2D eigenvalue weighted by molar-refractivity contribution is 5.93. The summed E-state index contributed by atoms with van der Waals surface area (Å²) in [7, 11) is 0. The largest absolute Gasteiger partial charge is 0.462 e. The van der Waals surface area contributed by atoms with Gasteiger partial charge in [0.25, 0.3) is 0 Å². The number of fused-ring (bicyclic) bond motifs is 1. The first-order valence-electron chi connectivity index (χ1n) is 11.4. The lowest BCUT2D eigenvalue weighted by atomic mass is 10.0. The van der Waals surface area contributed by atoms with E-state index >= 15 is 0 Å². The van der Waals surface area contributed by atoms with E-state index in [1.807, 2.05) is 0 Å². The second kappa shape index (κ2) is 9.81. The zero-order chi connectivity index (χ0) is 21.8. The Morgan fingerprint density at radius 3 is 2.41 bits per heavy atom. The lowest BCUT2D eigenvalue weighted by Crippen LogP contribution is -2.39. The summed E-state index contributed by atoms with van der Waals surface area (Å²) in [4.78, 5) is 14.2. The number of rotatable bonds is 6. The molecule has 0 amide bonds. The number of benzene rings is 2. The van der Waals surface area contributed by atoms with Crippen molar-refractivity contribution in [1.82, 2.24) is 14.9 Å². The Bertz CT molecular complexity index is 1060. The van der Waals surface area contributed by atoms with E-state index in [1.165, 1.54) is 16.7 Å². The van der Waals surface area contributed by atoms with Crippen LogP contribution in [0.3, 0.4) is 0 Å². The standard InChI is InChI=1S/C25H30N4O3/c1-19-3-2-4-20(17-19)21-5-6-23-22(18-21)24(29-10-14-31-15-11-29)27-25(26-23)32-16-9-28-7-12-30-13-8-28/h2-6,17-18H,7-16H2,1H3. The molecule has 32 heavy (non-hydrogen) atoms. The number of ether oxygens (including phenoxy) is 3. The van der Waals surface area contributed by atoms with Crippen molar-refractivity contribution in [2.45, 2.75) is 6.92 Å². The molecule has 2 fully saturated rings. The average Bonchev–Trinajstić information content (AvgIpc) is 2.84. The van der Waals surface area contributed by atoms with E-state index in [9.17, 15) is 0 Å². The van der Waals surface area contributed by atoms with Crippen molar-refractivity contribution in [3.8, 4) is 17.1 Å². The van der Waals surface area contributed by atoms with E-state index in [4.69, 9.17) is 24.2 Å². The van der Waals surface area contributed by atoms with E-state index in [0.29, 0.717) is 25.8 Å². The molecule has 0 atom stereocenters. The Morgan fingerprint density at radius 1 is 0.875 bits per heavy atom. The molecule has 2 saturated heterocycles. The molecule has 1 aromatic heterocycles. The third-order valence-electron chi connectivity index (χ3n) is 6.06. The number of hydrogen-bond donors (Lipinski definition) is 0. The molecule has 0 unspecified atom stereocenters. The van der Waals surface area contributed by atoms with Crippen molar-refractivity contribution >= 4 is 16.7 Å². The third-order valence-corrected chi connectivity index (χ3v) is 6.06. The second-order valence-electron chi connectivity index (χ2n) is 8.33. The molecule has 5 rings (SSSR count). The van der Waals surface area contributed by atoms with Crippen LogP contribution in [0.2, 0.25) is 0 Å². The summed E-state index contributed by atoms with van der Waals surface area (Å²) < 4.78 is 17.0. The smallest absolute Gasteiger partial charge is 0.318 e. The van der Waals surface area contributed by atoms with Crippen LogP contribution in [0.5, 0.6) is 6.01 Å². The maximum atomic E-state index is 6.02. The monoisotopic (exact) mass is 434 g/mol. The molecule has 0 saturated carbocycles. The van der Waals surface area contributed by atoms with E-state index < -0.39 is 0 Å². The van der Waals surface area contributed by atoms with Crippen LogP contribution in [-0.2, 0) is 9.47 Å². The number of nitrogens with zero attached hydrogens (tertiary/aromatic N) is 4. The van der Waals surface area contributed by atoms with Crippen LogP contribution in [0.4, 0.5) is 5.82 Å². The lowest BCUT2D eigenvalue weighted by molar-refractivity contribution is 0.0317. The normalized spacial score (nSPS) is 17.6. The predicted molar refractivity (Wildman–Crippen MR) is 125 cm³/mol. The molecule has 168 valence electrons. The predicted octanol–water partition coefficient (Wildman–Crippen LogP) is 3.15. The fraction of sp³-hybridized carbons (Fsp3) is 0.440. The minimum atomic E-state index is 0.440. The van der Waals surface area contributed by atoms with Crippen LogP contribution >= 0.6 is 0 Å². The number of anilines is 1. The topological polar surface area (TPSA) is 60.0 Å². The Labute approximate surface area is 188 Å². The Morgan fingerprint density at radius 2 is 1.62 bits per heavy atom. The summed E-state index contributed by atoms with van der Waals surface area (Å²) in [6.07, 6.45) is 0. The summed E-state index contributed by atoms with van der Waals surface area (Å²) in [6, 6.07) is 15.4. The molecule has 2 aromatic carbocycles. The highest BCUT2D eigenvalue weighted by atomic mass is 16.5. The zero-order valence-corrected chi connectivity index (χ0v) is 18.6. The molecule has 0 radical (unpaired) electrons. The van der Waals surface area contributed by atoms with Crippen molar-refractivity contribution in [1.29, 1.82) is 0 Å². The Balaban J connectivity index is 1.44. The van der Waals surface area contributed by atoms with Crippen molar-refractivity contribution in [2.75, 3.05) is 70.7 Å². The molecule has 3 heterocycles. The highest BCUT2D eigenvalue weighted by Gasteiger charge is 2.19. The second-order valence-corrected chi connectivity index (χ2v) is 8.33. The summed E-state index contributed by atoms with van der Waals surface area (Å²) in [5, 5.41) is 1.05. The first-order valence-corrected chi connectivity index (χ1v) is 11.4. The zero-order valence-electron chi connectivity index (χ0n) is 18.6. The van der Waals surface area contributed by atoms with Crippen molar-refractivity contribution < 1.29 is 14.2 Å². The Kier molecular flexibility index (Phi) is 6.48. The fourth-order valence-corrected chi connectivity index (χ4v) is 4.27. The van der Waals surface area contributed by atoms with E-state index in [2.05, 4.69) is 59.2 Å². The molecule has 7 heteroatoms. The van der Waals surface area contributed by atoms with E-state index in [0.717, 1.165) is 62.7 Å². The molecule has 0 aliphatic carbocycles. The van der Waals surface area contributed by atoms with Gasteiger partial charge in [0.2, 0.25) is 0 Å². The molecule has 0 bridgehead atoms. The quantitative estimate of drug-likeness (QED) is 0.591. The molecule has 2 aliphatic heterocycles. The SMILES string of the molecule is Cc1cccc(-c2ccc3nc(OCCN4CCOCC4)nc(N4CCOCC4)c3c2)c1. The van der Waals surface area contributed by atoms with Gasteiger partial charge in [-0.15, -0.1) is 0 Å². The van der Waals surface area contributed by atoms with Gasteiger partial charge in [0.05, 0.1) is 31.9 Å². The van der Waals surface area contributed by atoms with Crippen LogP contribution < -0.4 is 9.64 Å². The Hall–Kier alpha value is -2.74. The van der Waals surface area contributed by atoms with Crippen molar-refractivity contribution in [3.05, 3.63) is 48.0 Å². The third kappa shape index (κ3) is 4.85. The van der Waals surface area contributed by atoms with Crippen molar-refractivity contribution in [3.63, 3.8) is 0 Å². The molecule has 2 aliphatic rings. The van der Waals surface area contributed by atoms with E-state index in [-0.39, 0.29) is 0 Å². The van der Waals surface area contributed by atoms with Gasteiger partial charge in [-0.2, -0.15) is 9.97 Å². The first kappa shape index (κ1) is 21.1. The maximum Gasteiger partial charge on any atom is 0.318 e. The number of hydrogen-bond acceptors (Lipinski definition) is 7. The van der Waals surface area contributed by atoms with Gasteiger partial charge in [-0.05, 0) is 30.2 Å². The van der Waals surface area contributed by atoms with Gasteiger partial charge < -0.3 is 19.1 Å². The van der Waals surface area contributed by atoms with E-state index in [1.54, 1.807) is 0 Å². The van der Waals surface area contributed by atoms with Crippen LogP contribution in [0, 0.1) is 6.92 Å². The minimum Gasteiger partial charge on any atom is -0.462 e. The summed E-state index contributed by atoms with van der Waals surface area (Å²) in [5.74, 6) is 0.925. The molecule has 7 nitrogen and oxygen atoms in total. The lowest BCUT2D eigenvalue weighted by Gasteiger charge is -2.29. The number of aryl methyl sites for hydroxylation is 1. The molecule has 0 spiro atoms. The molecular formula is C25H30N4O3. The molecule has 3 aromatic rings. The highest BCUT2D eigenvalue weighted by Crippen LogP contribution is 2.31. The molecular weight excluding hydrogens is 404 g/mol. The van der Waals surface area contributed by atoms with Crippen LogP contribution in [0.1, 0.15) is 5.56 Å². The van der Waals surface area contributed by atoms with Crippen LogP contribution in [0.15, 0.2) is 42.5 Å². The van der Waals surface area contributed by atoms with Crippen LogP contribution in [-0.4, -0.2) is 80.6 Å². The summed E-state index contributed by atoms with van der Waals surface area (Å²) in [5.41, 5.74) is 4.52. The average molecular weight is 435 g/mol. The minimum absolute atomic E-state index is 0.440. The maximum absolute atomic E-state index is 6.02. The molecule has 0 N–H and O–H groups in total. The van der Waals surface area contributed by atoms with Gasteiger partial charge in [-0.1, -0.05) is 35.9 Å². The summed E-state index contributed by atoms with van der Waals surface area (Å²) >= 11 is 0. The number of morpholine rings is 2. The van der Waals surface area contributed by atoms with Crippen molar-refractivity contribution in [2.24, 2.45) is 0 Å². The van der Waals surface area contributed by atoms with Gasteiger partial charge in [0.15, 0.2) is 0 Å². The van der Waals surface area contributed by atoms with Gasteiger partial charge in [0, 0.05) is 38.1 Å².